The standard InChI is InChI=1S/C14H16N4O/c1-11-16-17-12(2)18(11)15-10-6-8-13-7-4-5-9-14(13)19-3/h4-10H,1-3H3/b8-6+,15-10+. The van der Waals surface area contributed by atoms with Gasteiger partial charge in [-0.2, -0.15) is 5.10 Å². The van der Waals surface area contributed by atoms with Crippen LogP contribution in [0.5, 0.6) is 5.75 Å². The van der Waals surface area contributed by atoms with E-state index in [-0.39, 0.29) is 0 Å². The predicted molar refractivity (Wildman–Crippen MR) is 75.4 cm³/mol. The third-order valence-electron chi connectivity index (χ3n) is 2.64. The summed E-state index contributed by atoms with van der Waals surface area (Å²) in [5.74, 6) is 2.36. The number of hydrogen-bond donors (Lipinski definition) is 0. The molecule has 2 rings (SSSR count). The molecule has 0 radical (unpaired) electrons. The Hall–Kier alpha value is -2.43. The fourth-order valence-electron chi connectivity index (χ4n) is 1.69. The van der Waals surface area contributed by atoms with Gasteiger partial charge in [-0.3, -0.25) is 0 Å². The molecular weight excluding hydrogens is 240 g/mol. The van der Waals surface area contributed by atoms with Gasteiger partial charge in [0.05, 0.1) is 7.11 Å². The molecule has 0 fully saturated rings. The zero-order chi connectivity index (χ0) is 13.7. The van der Waals surface area contributed by atoms with E-state index in [0.29, 0.717) is 0 Å². The number of aromatic nitrogens is 3. The smallest absolute Gasteiger partial charge is 0.151 e. The number of rotatable bonds is 4. The predicted octanol–water partition coefficient (Wildman–Crippen LogP) is 2.45. The van der Waals surface area contributed by atoms with Gasteiger partial charge in [-0.15, -0.1) is 10.2 Å². The second-order valence-corrected chi connectivity index (χ2v) is 3.97. The van der Waals surface area contributed by atoms with Crippen molar-refractivity contribution in [3.8, 4) is 5.75 Å². The molecule has 1 aromatic carbocycles. The Morgan fingerprint density at radius 2 is 1.84 bits per heavy atom. The highest BCUT2D eigenvalue weighted by molar-refractivity contribution is 5.79. The van der Waals surface area contributed by atoms with Crippen molar-refractivity contribution < 1.29 is 4.74 Å². The molecule has 5 nitrogen and oxygen atoms in total. The normalized spacial score (nSPS) is 11.5. The van der Waals surface area contributed by atoms with Gasteiger partial charge in [0.25, 0.3) is 0 Å². The van der Waals surface area contributed by atoms with Gasteiger partial charge in [-0.1, -0.05) is 18.2 Å². The number of methoxy groups -OCH3 is 1. The van der Waals surface area contributed by atoms with E-state index in [9.17, 15) is 0 Å². The number of benzene rings is 1. The summed E-state index contributed by atoms with van der Waals surface area (Å²) in [4.78, 5) is 0. The van der Waals surface area contributed by atoms with Crippen molar-refractivity contribution in [2.75, 3.05) is 7.11 Å². The first-order valence-corrected chi connectivity index (χ1v) is 5.95. The van der Waals surface area contributed by atoms with Gasteiger partial charge in [0.15, 0.2) is 11.6 Å². The summed E-state index contributed by atoms with van der Waals surface area (Å²) in [7, 11) is 1.66. The van der Waals surface area contributed by atoms with Gasteiger partial charge in [0, 0.05) is 11.8 Å². The first-order valence-electron chi connectivity index (χ1n) is 5.95. The zero-order valence-electron chi connectivity index (χ0n) is 11.2. The van der Waals surface area contributed by atoms with Crippen molar-refractivity contribution in [3.05, 3.63) is 47.6 Å². The van der Waals surface area contributed by atoms with Gasteiger partial charge < -0.3 is 4.74 Å². The van der Waals surface area contributed by atoms with Gasteiger partial charge in [0.2, 0.25) is 0 Å². The van der Waals surface area contributed by atoms with Crippen molar-refractivity contribution in [3.63, 3.8) is 0 Å². The molecule has 0 aliphatic heterocycles. The van der Waals surface area contributed by atoms with Crippen LogP contribution in [0.4, 0.5) is 0 Å². The van der Waals surface area contributed by atoms with E-state index in [2.05, 4.69) is 15.3 Å². The Labute approximate surface area is 112 Å². The molecule has 0 aliphatic rings. The lowest BCUT2D eigenvalue weighted by molar-refractivity contribution is 0.414. The van der Waals surface area contributed by atoms with Crippen LogP contribution in [0.15, 0.2) is 35.4 Å². The maximum Gasteiger partial charge on any atom is 0.151 e. The average Bonchev–Trinajstić information content (AvgIpc) is 2.75. The number of ether oxygens (including phenoxy) is 1. The molecule has 0 unspecified atom stereocenters. The maximum absolute atomic E-state index is 5.27. The highest BCUT2D eigenvalue weighted by Crippen LogP contribution is 2.18. The van der Waals surface area contributed by atoms with Gasteiger partial charge in [-0.05, 0) is 32.1 Å². The minimum Gasteiger partial charge on any atom is -0.496 e. The average molecular weight is 256 g/mol. The molecule has 1 heterocycles. The van der Waals surface area contributed by atoms with Crippen molar-refractivity contribution >= 4 is 12.3 Å². The second kappa shape index (κ2) is 5.95. The number of allylic oxidation sites excluding steroid dienone is 1. The molecular formula is C14H16N4O. The third-order valence-corrected chi connectivity index (χ3v) is 2.64. The molecule has 0 atom stereocenters. The Morgan fingerprint density at radius 1 is 1.16 bits per heavy atom. The number of nitrogens with zero attached hydrogens (tertiary/aromatic N) is 4. The Bertz CT molecular complexity index is 594. The van der Waals surface area contributed by atoms with Gasteiger partial charge in [-0.25, -0.2) is 4.68 Å². The topological polar surface area (TPSA) is 52.3 Å². The van der Waals surface area contributed by atoms with Crippen LogP contribution >= 0.6 is 0 Å². The molecule has 5 heteroatoms. The van der Waals surface area contributed by atoms with Crippen molar-refractivity contribution in [2.24, 2.45) is 5.10 Å². The first kappa shape index (κ1) is 13.0. The fourth-order valence-corrected chi connectivity index (χ4v) is 1.69. The largest absolute Gasteiger partial charge is 0.496 e. The molecule has 0 aliphatic carbocycles. The Kier molecular flexibility index (Phi) is 4.07. The number of hydrogen-bond acceptors (Lipinski definition) is 4. The minimum atomic E-state index is 0.763. The van der Waals surface area contributed by atoms with Gasteiger partial charge >= 0.3 is 0 Å². The third kappa shape index (κ3) is 3.07. The van der Waals surface area contributed by atoms with Crippen LogP contribution in [0.1, 0.15) is 17.2 Å². The molecule has 0 amide bonds. The summed E-state index contributed by atoms with van der Waals surface area (Å²) in [6.07, 6.45) is 5.50. The van der Waals surface area contributed by atoms with E-state index < -0.39 is 0 Å². The molecule has 19 heavy (non-hydrogen) atoms. The Morgan fingerprint density at radius 3 is 2.53 bits per heavy atom. The summed E-state index contributed by atoms with van der Waals surface area (Å²) < 4.78 is 6.95. The lowest BCUT2D eigenvalue weighted by Gasteiger charge is -2.02. The second-order valence-electron chi connectivity index (χ2n) is 3.97. The highest BCUT2D eigenvalue weighted by atomic mass is 16.5. The lowest BCUT2D eigenvalue weighted by Crippen LogP contribution is -1.94. The minimum absolute atomic E-state index is 0.763. The summed E-state index contributed by atoms with van der Waals surface area (Å²) in [6.45, 7) is 3.72. The first-order chi connectivity index (χ1) is 9.22. The molecule has 0 saturated heterocycles. The summed E-state index contributed by atoms with van der Waals surface area (Å²) in [6, 6.07) is 7.81. The zero-order valence-corrected chi connectivity index (χ0v) is 11.2. The molecule has 0 bridgehead atoms. The van der Waals surface area contributed by atoms with Crippen molar-refractivity contribution in [1.82, 2.24) is 14.9 Å². The molecule has 98 valence electrons. The summed E-state index contributed by atoms with van der Waals surface area (Å²) in [5, 5.41) is 12.1. The summed E-state index contributed by atoms with van der Waals surface area (Å²) >= 11 is 0. The SMILES string of the molecule is COc1ccccc1/C=C/C=N/n1c(C)nnc1C. The highest BCUT2D eigenvalue weighted by Gasteiger charge is 2.00. The fraction of sp³-hybridized carbons (Fsp3) is 0.214. The van der Waals surface area contributed by atoms with E-state index in [4.69, 9.17) is 4.74 Å². The van der Waals surface area contributed by atoms with Crippen LogP contribution in [0.3, 0.4) is 0 Å². The molecule has 0 saturated carbocycles. The lowest BCUT2D eigenvalue weighted by atomic mass is 10.2. The van der Waals surface area contributed by atoms with Crippen LogP contribution in [0.2, 0.25) is 0 Å². The quantitative estimate of drug-likeness (QED) is 0.789. The molecule has 1 aromatic heterocycles. The van der Waals surface area contributed by atoms with Gasteiger partial charge in [0.1, 0.15) is 5.75 Å². The van der Waals surface area contributed by atoms with Crippen molar-refractivity contribution in [2.45, 2.75) is 13.8 Å². The van der Waals surface area contributed by atoms with E-state index in [1.54, 1.807) is 18.0 Å². The molecule has 2 aromatic rings. The monoisotopic (exact) mass is 256 g/mol. The number of aryl methyl sites for hydroxylation is 2. The number of para-hydroxylation sites is 1. The Balaban J connectivity index is 2.12. The van der Waals surface area contributed by atoms with E-state index in [0.717, 1.165) is 23.0 Å². The van der Waals surface area contributed by atoms with Crippen LogP contribution in [-0.4, -0.2) is 28.2 Å². The molecule has 0 spiro atoms. The van der Waals surface area contributed by atoms with E-state index >= 15 is 0 Å². The van der Waals surface area contributed by atoms with Crippen molar-refractivity contribution in [1.29, 1.82) is 0 Å². The van der Waals surface area contributed by atoms with Crippen LogP contribution < -0.4 is 4.74 Å². The maximum atomic E-state index is 5.27. The summed E-state index contributed by atoms with van der Waals surface area (Å²) in [5.41, 5.74) is 1.01. The van der Waals surface area contributed by atoms with Crippen LogP contribution in [-0.2, 0) is 0 Å². The van der Waals surface area contributed by atoms with E-state index in [1.165, 1.54) is 0 Å². The van der Waals surface area contributed by atoms with E-state index in [1.807, 2.05) is 50.3 Å². The van der Waals surface area contributed by atoms with Crippen LogP contribution in [0.25, 0.3) is 6.08 Å². The molecule has 0 N–H and O–H groups in total. The van der Waals surface area contributed by atoms with Crippen LogP contribution in [0, 0.1) is 13.8 Å².